The summed E-state index contributed by atoms with van der Waals surface area (Å²) in [5.41, 5.74) is 1.14. The second kappa shape index (κ2) is 7.66. The zero-order valence-electron chi connectivity index (χ0n) is 14.7. The van der Waals surface area contributed by atoms with Gasteiger partial charge in [0.05, 0.1) is 11.2 Å². The summed E-state index contributed by atoms with van der Waals surface area (Å²) in [4.78, 5) is 19.7. The van der Waals surface area contributed by atoms with E-state index in [1.165, 1.54) is 0 Å². The number of aromatic nitrogens is 2. The number of ether oxygens (including phenoxy) is 1. The van der Waals surface area contributed by atoms with Crippen LogP contribution in [0.15, 0.2) is 48.8 Å². The summed E-state index contributed by atoms with van der Waals surface area (Å²) in [7, 11) is 0. The number of carbonyl (C=O) groups is 1. The Morgan fingerprint density at radius 2 is 2.15 bits per heavy atom. The molecule has 3 N–H and O–H groups in total. The first kappa shape index (κ1) is 18.1. The second-order valence-corrected chi connectivity index (χ2v) is 6.72. The molecule has 2 aromatic heterocycles. The highest BCUT2D eigenvalue weighted by atomic mass is 35.5. The Labute approximate surface area is 156 Å². The summed E-state index contributed by atoms with van der Waals surface area (Å²) < 4.78 is 5.71. The van der Waals surface area contributed by atoms with Crippen molar-refractivity contribution < 1.29 is 9.53 Å². The molecule has 1 atom stereocenters. The third-order valence-electron chi connectivity index (χ3n) is 4.29. The number of urea groups is 1. The predicted molar refractivity (Wildman–Crippen MR) is 104 cm³/mol. The van der Waals surface area contributed by atoms with Gasteiger partial charge in [0.2, 0.25) is 5.88 Å². The van der Waals surface area contributed by atoms with Crippen LogP contribution in [-0.4, -0.2) is 28.1 Å². The van der Waals surface area contributed by atoms with Crippen molar-refractivity contribution in [3.63, 3.8) is 0 Å². The third-order valence-corrected chi connectivity index (χ3v) is 4.58. The van der Waals surface area contributed by atoms with Crippen molar-refractivity contribution in [3.8, 4) is 5.88 Å². The minimum Gasteiger partial charge on any atom is -0.474 e. The highest BCUT2D eigenvalue weighted by molar-refractivity contribution is 6.31. The molecule has 3 aromatic rings. The third kappa shape index (κ3) is 4.08. The quantitative estimate of drug-likeness (QED) is 0.592. The van der Waals surface area contributed by atoms with Gasteiger partial charge in [-0.1, -0.05) is 24.6 Å². The van der Waals surface area contributed by atoms with Gasteiger partial charge in [-0.05, 0) is 43.7 Å². The first-order chi connectivity index (χ1) is 12.5. The summed E-state index contributed by atoms with van der Waals surface area (Å²) in [6.07, 6.45) is 4.13. The van der Waals surface area contributed by atoms with E-state index in [-0.39, 0.29) is 12.6 Å². The molecule has 136 valence electrons. The zero-order chi connectivity index (χ0) is 18.6. The number of nitrogens with zero attached hydrogens (tertiary/aromatic N) is 1. The topological polar surface area (TPSA) is 79.0 Å². The standard InChI is InChI=1S/C19H21ClN4O2/c1-3-19(2,12-26-17-14(20)6-5-10-22-17)24-18(25)23-16-8-4-7-15-13(16)9-11-21-15/h4-11,21H,3,12H2,1-2H3,(H2,23,24,25). The van der Waals surface area contributed by atoms with Crippen molar-refractivity contribution in [1.82, 2.24) is 15.3 Å². The monoisotopic (exact) mass is 372 g/mol. The van der Waals surface area contributed by atoms with E-state index in [0.29, 0.717) is 17.3 Å². The molecule has 3 rings (SSSR count). The molecule has 0 saturated heterocycles. The number of nitrogens with one attached hydrogen (secondary N) is 3. The summed E-state index contributed by atoms with van der Waals surface area (Å²) in [6, 6.07) is 10.8. The molecule has 2 heterocycles. The van der Waals surface area contributed by atoms with Crippen molar-refractivity contribution in [2.75, 3.05) is 11.9 Å². The SMILES string of the molecule is CCC(C)(COc1ncccc1Cl)NC(=O)Nc1cccc2[nH]ccc12. The maximum Gasteiger partial charge on any atom is 0.319 e. The fourth-order valence-corrected chi connectivity index (χ4v) is 2.73. The zero-order valence-corrected chi connectivity index (χ0v) is 15.4. The van der Waals surface area contributed by atoms with Crippen LogP contribution in [-0.2, 0) is 0 Å². The largest absolute Gasteiger partial charge is 0.474 e. The van der Waals surface area contributed by atoms with Crippen molar-refractivity contribution >= 4 is 34.2 Å². The van der Waals surface area contributed by atoms with E-state index in [1.54, 1.807) is 18.3 Å². The number of pyridine rings is 1. The Morgan fingerprint density at radius 3 is 2.92 bits per heavy atom. The summed E-state index contributed by atoms with van der Waals surface area (Å²) in [5, 5.41) is 7.28. The molecule has 6 nitrogen and oxygen atoms in total. The molecule has 0 spiro atoms. The van der Waals surface area contributed by atoms with E-state index in [2.05, 4.69) is 20.6 Å². The van der Waals surface area contributed by atoms with Crippen molar-refractivity contribution in [2.24, 2.45) is 0 Å². The smallest absolute Gasteiger partial charge is 0.319 e. The lowest BCUT2D eigenvalue weighted by Gasteiger charge is -2.29. The maximum atomic E-state index is 12.5. The van der Waals surface area contributed by atoms with Crippen LogP contribution < -0.4 is 15.4 Å². The number of aromatic amines is 1. The van der Waals surface area contributed by atoms with Crippen molar-refractivity contribution in [3.05, 3.63) is 53.8 Å². The lowest BCUT2D eigenvalue weighted by atomic mass is 10.0. The van der Waals surface area contributed by atoms with E-state index in [4.69, 9.17) is 16.3 Å². The number of hydrogen-bond donors (Lipinski definition) is 3. The van der Waals surface area contributed by atoms with Crippen LogP contribution in [0.25, 0.3) is 10.9 Å². The number of carbonyl (C=O) groups excluding carboxylic acids is 1. The first-order valence-corrected chi connectivity index (χ1v) is 8.77. The van der Waals surface area contributed by atoms with Gasteiger partial charge in [-0.3, -0.25) is 0 Å². The Bertz CT molecular complexity index is 911. The molecule has 0 bridgehead atoms. The lowest BCUT2D eigenvalue weighted by molar-refractivity contribution is 0.183. The van der Waals surface area contributed by atoms with Crippen LogP contribution >= 0.6 is 11.6 Å². The van der Waals surface area contributed by atoms with Crippen LogP contribution in [0.4, 0.5) is 10.5 Å². The van der Waals surface area contributed by atoms with Gasteiger partial charge in [-0.25, -0.2) is 9.78 Å². The Morgan fingerprint density at radius 1 is 1.31 bits per heavy atom. The van der Waals surface area contributed by atoms with Crippen LogP contribution in [0.2, 0.25) is 5.02 Å². The van der Waals surface area contributed by atoms with E-state index in [1.807, 2.05) is 44.3 Å². The number of rotatable bonds is 6. The van der Waals surface area contributed by atoms with E-state index in [9.17, 15) is 4.79 Å². The molecular weight excluding hydrogens is 352 g/mol. The summed E-state index contributed by atoms with van der Waals surface area (Å²) >= 11 is 6.06. The number of amides is 2. The number of halogens is 1. The fourth-order valence-electron chi connectivity index (χ4n) is 2.55. The van der Waals surface area contributed by atoms with Gasteiger partial charge in [0.15, 0.2) is 0 Å². The van der Waals surface area contributed by atoms with Gasteiger partial charge < -0.3 is 20.4 Å². The molecular formula is C19H21ClN4O2. The van der Waals surface area contributed by atoms with Gasteiger partial charge >= 0.3 is 6.03 Å². The molecule has 1 unspecified atom stereocenters. The fraction of sp³-hybridized carbons (Fsp3) is 0.263. The van der Waals surface area contributed by atoms with Crippen LogP contribution in [0.3, 0.4) is 0 Å². The number of hydrogen-bond acceptors (Lipinski definition) is 3. The van der Waals surface area contributed by atoms with Gasteiger partial charge in [0, 0.05) is 23.3 Å². The normalized spacial score (nSPS) is 13.2. The molecule has 26 heavy (non-hydrogen) atoms. The Kier molecular flexibility index (Phi) is 5.32. The first-order valence-electron chi connectivity index (χ1n) is 8.39. The average Bonchev–Trinajstić information content (AvgIpc) is 3.11. The Balaban J connectivity index is 1.65. The van der Waals surface area contributed by atoms with E-state index >= 15 is 0 Å². The molecule has 0 fully saturated rings. The number of anilines is 1. The van der Waals surface area contributed by atoms with Crippen LogP contribution in [0.1, 0.15) is 20.3 Å². The molecule has 0 aliphatic rings. The molecule has 1 aromatic carbocycles. The number of H-pyrrole nitrogens is 1. The van der Waals surface area contributed by atoms with Gasteiger partial charge in [0.25, 0.3) is 0 Å². The molecule has 0 aliphatic carbocycles. The minimum absolute atomic E-state index is 0.252. The molecule has 7 heteroatoms. The van der Waals surface area contributed by atoms with Gasteiger partial charge in [-0.2, -0.15) is 0 Å². The predicted octanol–water partition coefficient (Wildman–Crippen LogP) is 4.59. The number of benzene rings is 1. The summed E-state index contributed by atoms with van der Waals surface area (Å²) in [5.74, 6) is 0.355. The highest BCUT2D eigenvalue weighted by Crippen LogP contribution is 2.23. The molecule has 2 amide bonds. The molecule has 0 aliphatic heterocycles. The number of fused-ring (bicyclic) bond motifs is 1. The summed E-state index contributed by atoms with van der Waals surface area (Å²) in [6.45, 7) is 4.15. The van der Waals surface area contributed by atoms with Gasteiger partial charge in [-0.15, -0.1) is 0 Å². The minimum atomic E-state index is -0.572. The highest BCUT2D eigenvalue weighted by Gasteiger charge is 2.26. The van der Waals surface area contributed by atoms with Crippen LogP contribution in [0, 0.1) is 0 Å². The second-order valence-electron chi connectivity index (χ2n) is 6.32. The lowest BCUT2D eigenvalue weighted by Crippen LogP contribution is -2.51. The molecule has 0 saturated carbocycles. The van der Waals surface area contributed by atoms with E-state index < -0.39 is 5.54 Å². The van der Waals surface area contributed by atoms with Crippen molar-refractivity contribution in [2.45, 2.75) is 25.8 Å². The van der Waals surface area contributed by atoms with Gasteiger partial charge in [0.1, 0.15) is 11.6 Å². The van der Waals surface area contributed by atoms with Crippen molar-refractivity contribution in [1.29, 1.82) is 0 Å². The average molecular weight is 373 g/mol. The maximum absolute atomic E-state index is 12.5. The van der Waals surface area contributed by atoms with Crippen LogP contribution in [0.5, 0.6) is 5.88 Å². The Hall–Kier alpha value is -2.73. The van der Waals surface area contributed by atoms with E-state index in [0.717, 1.165) is 16.6 Å². The molecule has 0 radical (unpaired) electrons.